The molecule has 2 aromatic rings. The normalized spacial score (nSPS) is 18.7. The van der Waals surface area contributed by atoms with Gasteiger partial charge in [-0.15, -0.1) is 12.4 Å². The SMILES string of the molecule is COc1ccc2cc(CN3CCCC3CN)ccc2c1.Cl. The molecule has 114 valence electrons. The van der Waals surface area contributed by atoms with E-state index in [0.717, 1.165) is 18.8 Å². The summed E-state index contributed by atoms with van der Waals surface area (Å²) in [6.07, 6.45) is 2.51. The van der Waals surface area contributed by atoms with Crippen LogP contribution < -0.4 is 10.5 Å². The quantitative estimate of drug-likeness (QED) is 0.943. The number of nitrogens with two attached hydrogens (primary N) is 1. The maximum atomic E-state index is 5.84. The topological polar surface area (TPSA) is 38.5 Å². The molecular formula is C17H23ClN2O. The number of halogens is 1. The molecule has 3 rings (SSSR count). The molecule has 1 aliphatic rings. The largest absolute Gasteiger partial charge is 0.497 e. The van der Waals surface area contributed by atoms with Gasteiger partial charge in [0.2, 0.25) is 0 Å². The third kappa shape index (κ3) is 3.49. The van der Waals surface area contributed by atoms with Crippen molar-refractivity contribution < 1.29 is 4.74 Å². The minimum absolute atomic E-state index is 0. The second kappa shape index (κ2) is 7.12. The zero-order valence-corrected chi connectivity index (χ0v) is 13.2. The first-order chi connectivity index (χ1) is 9.80. The van der Waals surface area contributed by atoms with Gasteiger partial charge in [0.25, 0.3) is 0 Å². The van der Waals surface area contributed by atoms with E-state index in [-0.39, 0.29) is 12.4 Å². The van der Waals surface area contributed by atoms with E-state index in [1.807, 2.05) is 6.07 Å². The standard InChI is InChI=1S/C17H22N2O.ClH/c1-20-17-7-6-14-9-13(4-5-15(14)10-17)12-19-8-2-3-16(19)11-18;/h4-7,9-10,16H,2-3,8,11-12,18H2,1H3;1H. The summed E-state index contributed by atoms with van der Waals surface area (Å²) in [6.45, 7) is 2.94. The molecule has 0 bridgehead atoms. The maximum absolute atomic E-state index is 5.84. The summed E-state index contributed by atoms with van der Waals surface area (Å²) < 4.78 is 5.27. The van der Waals surface area contributed by atoms with Gasteiger partial charge in [0.15, 0.2) is 0 Å². The third-order valence-electron chi connectivity index (χ3n) is 4.27. The van der Waals surface area contributed by atoms with Crippen LogP contribution in [0.25, 0.3) is 10.8 Å². The van der Waals surface area contributed by atoms with E-state index in [9.17, 15) is 0 Å². The first-order valence-electron chi connectivity index (χ1n) is 7.31. The Morgan fingerprint density at radius 1 is 1.19 bits per heavy atom. The Labute approximate surface area is 132 Å². The number of rotatable bonds is 4. The first kappa shape index (κ1) is 16.1. The molecule has 1 saturated heterocycles. The highest BCUT2D eigenvalue weighted by molar-refractivity contribution is 5.85. The van der Waals surface area contributed by atoms with E-state index in [1.165, 1.54) is 35.7 Å². The molecule has 0 saturated carbocycles. The van der Waals surface area contributed by atoms with Gasteiger partial charge in [-0.2, -0.15) is 0 Å². The van der Waals surface area contributed by atoms with Crippen molar-refractivity contribution in [1.82, 2.24) is 4.90 Å². The van der Waals surface area contributed by atoms with Gasteiger partial charge in [0.1, 0.15) is 5.75 Å². The molecule has 0 aromatic heterocycles. The molecule has 1 unspecified atom stereocenters. The van der Waals surface area contributed by atoms with Crippen molar-refractivity contribution >= 4 is 23.2 Å². The van der Waals surface area contributed by atoms with Crippen molar-refractivity contribution in [3.8, 4) is 5.75 Å². The second-order valence-corrected chi connectivity index (χ2v) is 5.55. The highest BCUT2D eigenvalue weighted by atomic mass is 35.5. The van der Waals surface area contributed by atoms with Crippen LogP contribution in [0.4, 0.5) is 0 Å². The lowest BCUT2D eigenvalue weighted by Gasteiger charge is -2.23. The van der Waals surface area contributed by atoms with Gasteiger partial charge in [0, 0.05) is 19.1 Å². The first-order valence-corrected chi connectivity index (χ1v) is 7.31. The maximum Gasteiger partial charge on any atom is 0.119 e. The minimum atomic E-state index is 0. The van der Waals surface area contributed by atoms with Crippen LogP contribution in [-0.2, 0) is 6.54 Å². The van der Waals surface area contributed by atoms with Crippen LogP contribution in [-0.4, -0.2) is 31.1 Å². The predicted molar refractivity (Wildman–Crippen MR) is 90.2 cm³/mol. The van der Waals surface area contributed by atoms with Gasteiger partial charge in [-0.05, 0) is 53.9 Å². The fraction of sp³-hybridized carbons (Fsp3) is 0.412. The van der Waals surface area contributed by atoms with E-state index < -0.39 is 0 Å². The van der Waals surface area contributed by atoms with E-state index in [1.54, 1.807) is 7.11 Å². The van der Waals surface area contributed by atoms with E-state index in [2.05, 4.69) is 35.2 Å². The number of ether oxygens (including phenoxy) is 1. The number of benzene rings is 2. The van der Waals surface area contributed by atoms with Crippen molar-refractivity contribution in [3.05, 3.63) is 42.0 Å². The molecule has 0 spiro atoms. The van der Waals surface area contributed by atoms with Crippen LogP contribution in [0.3, 0.4) is 0 Å². The summed E-state index contributed by atoms with van der Waals surface area (Å²) >= 11 is 0. The average molecular weight is 307 g/mol. The van der Waals surface area contributed by atoms with Gasteiger partial charge < -0.3 is 10.5 Å². The Bertz CT molecular complexity index is 602. The highest BCUT2D eigenvalue weighted by Gasteiger charge is 2.22. The minimum Gasteiger partial charge on any atom is -0.497 e. The van der Waals surface area contributed by atoms with Crippen LogP contribution >= 0.6 is 12.4 Å². The second-order valence-electron chi connectivity index (χ2n) is 5.55. The highest BCUT2D eigenvalue weighted by Crippen LogP contribution is 2.24. The lowest BCUT2D eigenvalue weighted by Crippen LogP contribution is -2.34. The van der Waals surface area contributed by atoms with Crippen LogP contribution in [0.2, 0.25) is 0 Å². The van der Waals surface area contributed by atoms with Gasteiger partial charge >= 0.3 is 0 Å². The van der Waals surface area contributed by atoms with Gasteiger partial charge in [-0.25, -0.2) is 0 Å². The zero-order chi connectivity index (χ0) is 13.9. The molecule has 21 heavy (non-hydrogen) atoms. The molecule has 2 N–H and O–H groups in total. The lowest BCUT2D eigenvalue weighted by molar-refractivity contribution is 0.250. The predicted octanol–water partition coefficient (Wildman–Crippen LogP) is 3.19. The number of methoxy groups -OCH3 is 1. The van der Waals surface area contributed by atoms with Crippen LogP contribution in [0.1, 0.15) is 18.4 Å². The number of nitrogens with zero attached hydrogens (tertiary/aromatic N) is 1. The molecule has 1 aliphatic heterocycles. The van der Waals surface area contributed by atoms with Crippen molar-refractivity contribution in [1.29, 1.82) is 0 Å². The Hall–Kier alpha value is -1.29. The Kier molecular flexibility index (Phi) is 5.45. The van der Waals surface area contributed by atoms with Crippen LogP contribution in [0.5, 0.6) is 5.75 Å². The van der Waals surface area contributed by atoms with Gasteiger partial charge in [-0.3, -0.25) is 4.90 Å². The Morgan fingerprint density at radius 2 is 1.95 bits per heavy atom. The van der Waals surface area contributed by atoms with Gasteiger partial charge in [0.05, 0.1) is 7.11 Å². The van der Waals surface area contributed by atoms with Crippen LogP contribution in [0, 0.1) is 0 Å². The molecular weight excluding hydrogens is 284 g/mol. The zero-order valence-electron chi connectivity index (χ0n) is 12.4. The Morgan fingerprint density at radius 3 is 2.71 bits per heavy atom. The lowest BCUT2D eigenvalue weighted by atomic mass is 10.1. The average Bonchev–Trinajstić information content (AvgIpc) is 2.94. The molecule has 3 nitrogen and oxygen atoms in total. The fourth-order valence-electron chi connectivity index (χ4n) is 3.10. The molecule has 2 aromatic carbocycles. The summed E-state index contributed by atoms with van der Waals surface area (Å²) in [5.41, 5.74) is 7.21. The smallest absolute Gasteiger partial charge is 0.119 e. The molecule has 4 heteroatoms. The number of hydrogen-bond donors (Lipinski definition) is 1. The summed E-state index contributed by atoms with van der Waals surface area (Å²) in [7, 11) is 1.70. The molecule has 0 aliphatic carbocycles. The molecule has 1 heterocycles. The van der Waals surface area contributed by atoms with Crippen molar-refractivity contribution in [2.75, 3.05) is 20.2 Å². The summed E-state index contributed by atoms with van der Waals surface area (Å²) in [6, 6.07) is 13.5. The third-order valence-corrected chi connectivity index (χ3v) is 4.27. The van der Waals surface area contributed by atoms with Crippen molar-refractivity contribution in [3.63, 3.8) is 0 Å². The van der Waals surface area contributed by atoms with Crippen LogP contribution in [0.15, 0.2) is 36.4 Å². The molecule has 1 atom stereocenters. The van der Waals surface area contributed by atoms with Crippen molar-refractivity contribution in [2.45, 2.75) is 25.4 Å². The number of likely N-dealkylation sites (tertiary alicyclic amines) is 1. The number of fused-ring (bicyclic) bond motifs is 1. The summed E-state index contributed by atoms with van der Waals surface area (Å²) in [5, 5.41) is 2.50. The monoisotopic (exact) mass is 306 g/mol. The van der Waals surface area contributed by atoms with E-state index in [4.69, 9.17) is 10.5 Å². The van der Waals surface area contributed by atoms with Crippen molar-refractivity contribution in [2.24, 2.45) is 5.73 Å². The fourth-order valence-corrected chi connectivity index (χ4v) is 3.10. The van der Waals surface area contributed by atoms with E-state index >= 15 is 0 Å². The molecule has 0 radical (unpaired) electrons. The summed E-state index contributed by atoms with van der Waals surface area (Å²) in [4.78, 5) is 2.50. The molecule has 0 amide bonds. The Balaban J connectivity index is 0.00000161. The van der Waals surface area contributed by atoms with E-state index in [0.29, 0.717) is 6.04 Å². The number of hydrogen-bond acceptors (Lipinski definition) is 3. The molecule has 1 fully saturated rings. The summed E-state index contributed by atoms with van der Waals surface area (Å²) in [5.74, 6) is 0.910. The van der Waals surface area contributed by atoms with Gasteiger partial charge in [-0.1, -0.05) is 18.2 Å².